The average molecular weight is 437 g/mol. The Morgan fingerprint density at radius 2 is 1.93 bits per heavy atom. The minimum Gasteiger partial charge on any atom is -0.319 e. The van der Waals surface area contributed by atoms with Crippen molar-refractivity contribution in [2.45, 2.75) is 24.4 Å². The van der Waals surface area contributed by atoms with E-state index in [1.807, 2.05) is 23.6 Å². The molecule has 5 rings (SSSR count). The molecule has 3 aromatic heterocycles. The zero-order chi connectivity index (χ0) is 20.7. The van der Waals surface area contributed by atoms with Crippen LogP contribution in [0.25, 0.3) is 32.4 Å². The second-order valence-corrected chi connectivity index (χ2v) is 8.57. The number of rotatable bonds is 5. The quantitative estimate of drug-likeness (QED) is 0.372. The molecule has 0 amide bonds. The minimum atomic E-state index is -0.303. The van der Waals surface area contributed by atoms with Crippen LogP contribution in [0.4, 0.5) is 4.39 Å². The Morgan fingerprint density at radius 3 is 2.73 bits per heavy atom. The summed E-state index contributed by atoms with van der Waals surface area (Å²) in [6, 6.07) is 14.2. The lowest BCUT2D eigenvalue weighted by molar-refractivity contribution is 0.628. The Balaban J connectivity index is 1.46. The van der Waals surface area contributed by atoms with Gasteiger partial charge in [-0.25, -0.2) is 14.4 Å². The summed E-state index contributed by atoms with van der Waals surface area (Å²) in [6.45, 7) is 2.91. The molecule has 0 bridgehead atoms. The molecular formula is C22H17FN4OS2. The fourth-order valence-electron chi connectivity index (χ4n) is 3.51. The molecule has 1 N–H and O–H groups in total. The number of benzene rings is 2. The number of thioether (sulfide) groups is 1. The maximum absolute atomic E-state index is 13.2. The molecule has 2 aromatic carbocycles. The van der Waals surface area contributed by atoms with Crippen LogP contribution in [0.5, 0.6) is 0 Å². The first kappa shape index (κ1) is 19.0. The van der Waals surface area contributed by atoms with Crippen LogP contribution in [-0.2, 0) is 12.3 Å². The van der Waals surface area contributed by atoms with Crippen molar-refractivity contribution >= 4 is 44.3 Å². The molecular weight excluding hydrogens is 419 g/mol. The summed E-state index contributed by atoms with van der Waals surface area (Å²) in [5.41, 5.74) is 3.45. The van der Waals surface area contributed by atoms with Crippen molar-refractivity contribution in [1.82, 2.24) is 19.5 Å². The van der Waals surface area contributed by atoms with Gasteiger partial charge in [-0.15, -0.1) is 11.3 Å². The number of aryl methyl sites for hydroxylation is 1. The number of fused-ring (bicyclic) bond motifs is 2. The van der Waals surface area contributed by atoms with Crippen LogP contribution in [0.3, 0.4) is 0 Å². The number of para-hydroxylation sites is 2. The first-order valence-electron chi connectivity index (χ1n) is 9.48. The minimum absolute atomic E-state index is 0.180. The Morgan fingerprint density at radius 1 is 1.13 bits per heavy atom. The third kappa shape index (κ3) is 3.32. The van der Waals surface area contributed by atoms with Gasteiger partial charge in [0.05, 0.1) is 22.2 Å². The second kappa shape index (κ2) is 7.70. The molecule has 0 saturated heterocycles. The molecule has 5 aromatic rings. The van der Waals surface area contributed by atoms with E-state index in [0.29, 0.717) is 21.8 Å². The molecule has 8 heteroatoms. The topological polar surface area (TPSA) is 63.6 Å². The fourth-order valence-corrected chi connectivity index (χ4v) is 5.42. The van der Waals surface area contributed by atoms with Crippen molar-refractivity contribution in [3.05, 3.63) is 75.9 Å². The predicted molar refractivity (Wildman–Crippen MR) is 121 cm³/mol. The van der Waals surface area contributed by atoms with Crippen LogP contribution < -0.4 is 5.56 Å². The number of halogens is 1. The van der Waals surface area contributed by atoms with E-state index in [2.05, 4.69) is 27.5 Å². The number of imidazole rings is 1. The number of hydrogen-bond donors (Lipinski definition) is 1. The Bertz CT molecular complexity index is 1420. The maximum atomic E-state index is 13.2. The SMILES string of the molecule is CCn1c(SCc2nc3scc(-c4ccc(F)cc4)c3c(=O)[nH]2)nc2ccccc21. The van der Waals surface area contributed by atoms with Gasteiger partial charge in [0.15, 0.2) is 5.16 Å². The zero-order valence-corrected chi connectivity index (χ0v) is 17.7. The maximum Gasteiger partial charge on any atom is 0.260 e. The molecule has 3 heterocycles. The van der Waals surface area contributed by atoms with Crippen LogP contribution in [0, 0.1) is 5.82 Å². The molecule has 0 aliphatic heterocycles. The van der Waals surface area contributed by atoms with E-state index < -0.39 is 0 Å². The number of nitrogens with zero attached hydrogens (tertiary/aromatic N) is 3. The first-order chi connectivity index (χ1) is 14.6. The number of hydrogen-bond acceptors (Lipinski definition) is 5. The summed E-state index contributed by atoms with van der Waals surface area (Å²) in [5.74, 6) is 0.820. The van der Waals surface area contributed by atoms with Crippen molar-refractivity contribution in [2.75, 3.05) is 0 Å². The third-order valence-electron chi connectivity index (χ3n) is 4.92. The second-order valence-electron chi connectivity index (χ2n) is 6.77. The van der Waals surface area contributed by atoms with Crippen molar-refractivity contribution in [1.29, 1.82) is 0 Å². The van der Waals surface area contributed by atoms with Gasteiger partial charge in [0.1, 0.15) is 16.5 Å². The van der Waals surface area contributed by atoms with E-state index in [9.17, 15) is 9.18 Å². The zero-order valence-electron chi connectivity index (χ0n) is 16.1. The monoisotopic (exact) mass is 436 g/mol. The predicted octanol–water partition coefficient (Wildman–Crippen LogP) is 5.45. The van der Waals surface area contributed by atoms with Gasteiger partial charge in [-0.2, -0.15) is 0 Å². The van der Waals surface area contributed by atoms with E-state index in [4.69, 9.17) is 4.98 Å². The van der Waals surface area contributed by atoms with Crippen LogP contribution in [0.1, 0.15) is 12.7 Å². The van der Waals surface area contributed by atoms with E-state index in [1.165, 1.54) is 23.5 Å². The number of thiophene rings is 1. The lowest BCUT2D eigenvalue weighted by Gasteiger charge is -2.05. The molecule has 0 unspecified atom stereocenters. The van der Waals surface area contributed by atoms with Gasteiger partial charge in [-0.1, -0.05) is 36.0 Å². The summed E-state index contributed by atoms with van der Waals surface area (Å²) < 4.78 is 15.4. The average Bonchev–Trinajstić information content (AvgIpc) is 3.34. The molecule has 0 aliphatic carbocycles. The Hall–Kier alpha value is -2.97. The van der Waals surface area contributed by atoms with Crippen LogP contribution in [0.15, 0.2) is 63.9 Å². The van der Waals surface area contributed by atoms with Gasteiger partial charge in [0, 0.05) is 17.5 Å². The van der Waals surface area contributed by atoms with E-state index >= 15 is 0 Å². The molecule has 0 saturated carbocycles. The van der Waals surface area contributed by atoms with Crippen molar-refractivity contribution < 1.29 is 4.39 Å². The van der Waals surface area contributed by atoms with Crippen LogP contribution >= 0.6 is 23.1 Å². The normalized spacial score (nSPS) is 11.5. The van der Waals surface area contributed by atoms with Crippen molar-refractivity contribution in [2.24, 2.45) is 0 Å². The summed E-state index contributed by atoms with van der Waals surface area (Å²) in [4.78, 5) is 25.8. The Labute approximate surface area is 179 Å². The highest BCUT2D eigenvalue weighted by molar-refractivity contribution is 7.98. The molecule has 0 fully saturated rings. The van der Waals surface area contributed by atoms with Gasteiger partial charge in [-0.05, 0) is 36.8 Å². The molecule has 0 radical (unpaired) electrons. The smallest absolute Gasteiger partial charge is 0.260 e. The van der Waals surface area contributed by atoms with Crippen molar-refractivity contribution in [3.8, 4) is 11.1 Å². The highest BCUT2D eigenvalue weighted by Crippen LogP contribution is 2.31. The molecule has 0 spiro atoms. The molecule has 5 nitrogen and oxygen atoms in total. The highest BCUT2D eigenvalue weighted by atomic mass is 32.2. The highest BCUT2D eigenvalue weighted by Gasteiger charge is 2.15. The van der Waals surface area contributed by atoms with Gasteiger partial charge in [-0.3, -0.25) is 4.79 Å². The van der Waals surface area contributed by atoms with E-state index in [0.717, 1.165) is 33.9 Å². The first-order valence-corrected chi connectivity index (χ1v) is 11.3. The lowest BCUT2D eigenvalue weighted by Crippen LogP contribution is -2.11. The van der Waals surface area contributed by atoms with E-state index in [-0.39, 0.29) is 11.4 Å². The largest absolute Gasteiger partial charge is 0.319 e. The molecule has 0 atom stereocenters. The molecule has 150 valence electrons. The molecule has 30 heavy (non-hydrogen) atoms. The lowest BCUT2D eigenvalue weighted by atomic mass is 10.1. The standard InChI is InChI=1S/C22H17FN4OS2/c1-2-27-17-6-4-3-5-16(17)24-22(27)30-12-18-25-20(28)19-15(11-29-21(19)26-18)13-7-9-14(23)10-8-13/h3-11H,2,12H2,1H3,(H,25,26,28). The molecule has 0 aliphatic rings. The number of nitrogens with one attached hydrogen (secondary N) is 1. The number of aromatic nitrogens is 4. The van der Waals surface area contributed by atoms with E-state index in [1.54, 1.807) is 23.9 Å². The third-order valence-corrected chi connectivity index (χ3v) is 6.78. The van der Waals surface area contributed by atoms with Crippen molar-refractivity contribution in [3.63, 3.8) is 0 Å². The van der Waals surface area contributed by atoms with Gasteiger partial charge < -0.3 is 9.55 Å². The van der Waals surface area contributed by atoms with Crippen LogP contribution in [-0.4, -0.2) is 19.5 Å². The van der Waals surface area contributed by atoms with Gasteiger partial charge >= 0.3 is 0 Å². The summed E-state index contributed by atoms with van der Waals surface area (Å²) in [7, 11) is 0. The van der Waals surface area contributed by atoms with Gasteiger partial charge in [0.25, 0.3) is 5.56 Å². The summed E-state index contributed by atoms with van der Waals surface area (Å²) in [6.07, 6.45) is 0. The summed E-state index contributed by atoms with van der Waals surface area (Å²) >= 11 is 2.97. The number of aromatic amines is 1. The fraction of sp³-hybridized carbons (Fsp3) is 0.136. The van der Waals surface area contributed by atoms with Crippen LogP contribution in [0.2, 0.25) is 0 Å². The Kier molecular flexibility index (Phi) is 4.88. The van der Waals surface area contributed by atoms with Gasteiger partial charge in [0.2, 0.25) is 0 Å². The summed E-state index contributed by atoms with van der Waals surface area (Å²) in [5, 5.41) is 3.34. The number of H-pyrrole nitrogens is 1.